The van der Waals surface area contributed by atoms with Gasteiger partial charge in [0, 0.05) is 0 Å². The normalized spacial score (nSPS) is 9.69. The average Bonchev–Trinajstić information content (AvgIpc) is 2.19. The van der Waals surface area contributed by atoms with Gasteiger partial charge in [-0.3, -0.25) is 0 Å². The molecule has 1 rings (SSSR count). The van der Waals surface area contributed by atoms with Crippen LogP contribution in [0.3, 0.4) is 0 Å². The van der Waals surface area contributed by atoms with Crippen molar-refractivity contribution in [3.8, 4) is 0 Å². The van der Waals surface area contributed by atoms with Gasteiger partial charge in [-0.2, -0.15) is 0 Å². The fourth-order valence-electron chi connectivity index (χ4n) is 1.21. The molecule has 0 bridgehead atoms. The Labute approximate surface area is 94.7 Å². The molecule has 0 spiro atoms. The molecule has 0 radical (unpaired) electrons. The molecule has 13 heavy (non-hydrogen) atoms. The summed E-state index contributed by atoms with van der Waals surface area (Å²) >= 11 is 1.18. The monoisotopic (exact) mass is 338 g/mol. The van der Waals surface area contributed by atoms with Crippen LogP contribution < -0.4 is 0 Å². The number of allylic oxidation sites excluding steroid dienone is 1. The minimum absolute atomic E-state index is 1.14. The van der Waals surface area contributed by atoms with E-state index in [1.807, 2.05) is 6.08 Å². The first-order chi connectivity index (χ1) is 6.34. The zero-order valence-electron chi connectivity index (χ0n) is 7.79. The molecule has 0 unspecified atom stereocenters. The van der Waals surface area contributed by atoms with Crippen molar-refractivity contribution in [2.24, 2.45) is 0 Å². The summed E-state index contributed by atoms with van der Waals surface area (Å²) in [7, 11) is 0. The summed E-state index contributed by atoms with van der Waals surface area (Å²) in [5, 5.41) is 0. The Bertz CT molecular complexity index is 274. The maximum absolute atomic E-state index is 3.73. The Hall–Kier alpha value is -0.300. The van der Waals surface area contributed by atoms with E-state index in [1.54, 1.807) is 3.26 Å². The molecule has 0 N–H and O–H groups in total. The summed E-state index contributed by atoms with van der Waals surface area (Å²) in [4.78, 5) is 0. The van der Waals surface area contributed by atoms with Crippen molar-refractivity contribution in [1.29, 1.82) is 0 Å². The zero-order valence-corrected chi connectivity index (χ0v) is 11.4. The first-order valence-electron chi connectivity index (χ1n) is 4.58. The Morgan fingerprint density at radius 1 is 1.31 bits per heavy atom. The van der Waals surface area contributed by atoms with Gasteiger partial charge in [0.05, 0.1) is 0 Å². The van der Waals surface area contributed by atoms with Gasteiger partial charge in [-0.05, 0) is 0 Å². The molecule has 0 nitrogen and oxygen atoms in total. The molecular weight excluding hydrogens is 323 g/mol. The minimum atomic E-state index is 1.14. The van der Waals surface area contributed by atoms with E-state index >= 15 is 0 Å². The van der Waals surface area contributed by atoms with E-state index in [9.17, 15) is 0 Å². The van der Waals surface area contributed by atoms with Crippen molar-refractivity contribution in [2.45, 2.75) is 19.3 Å². The van der Waals surface area contributed by atoms with Gasteiger partial charge < -0.3 is 0 Å². The van der Waals surface area contributed by atoms with Gasteiger partial charge >= 0.3 is 95.0 Å². The van der Waals surface area contributed by atoms with Crippen LogP contribution in [0.2, 0.25) is 0 Å². The molecule has 1 aromatic carbocycles. The second-order valence-electron chi connectivity index (χ2n) is 3.03. The van der Waals surface area contributed by atoms with Crippen LogP contribution >= 0.6 is 0 Å². The summed E-state index contributed by atoms with van der Waals surface area (Å²) in [5.41, 5.74) is 1.43. The van der Waals surface area contributed by atoms with Crippen LogP contribution in [0.15, 0.2) is 43.0 Å². The third-order valence-electron chi connectivity index (χ3n) is 1.96. The third-order valence-corrected chi connectivity index (χ3v) is 3.89. The summed E-state index contributed by atoms with van der Waals surface area (Å²) < 4.78 is 1.61. The fourth-order valence-corrected chi connectivity index (χ4v) is 2.44. The molecule has 0 atom stereocenters. The van der Waals surface area contributed by atoms with Crippen LogP contribution in [0.4, 0.5) is 0 Å². The molecule has 0 amide bonds. The average molecular weight is 337 g/mol. The standard InChI is InChI=1S/C12H14.Hf/c1-2-3-4-6-9-12-10-7-5-8-11-12;/h2,5,7-8,10-11H,1,3-4,6H2;/q;+2. The molecule has 0 saturated carbocycles. The van der Waals surface area contributed by atoms with Gasteiger partial charge in [0.1, 0.15) is 0 Å². The van der Waals surface area contributed by atoms with E-state index in [0.29, 0.717) is 0 Å². The number of hydrogen-bond donors (Lipinski definition) is 0. The number of rotatable bonds is 5. The molecule has 1 heteroatoms. The second-order valence-corrected chi connectivity index (χ2v) is 5.19. The fraction of sp³-hybridized carbons (Fsp3) is 0.250. The van der Waals surface area contributed by atoms with E-state index in [-0.39, 0.29) is 0 Å². The van der Waals surface area contributed by atoms with Gasteiger partial charge in [0.15, 0.2) is 0 Å². The quantitative estimate of drug-likeness (QED) is 0.440. The summed E-state index contributed by atoms with van der Waals surface area (Å²) in [6.45, 7) is 3.73. The van der Waals surface area contributed by atoms with Crippen molar-refractivity contribution < 1.29 is 23.9 Å². The van der Waals surface area contributed by atoms with Crippen LogP contribution in [0.5, 0.6) is 0 Å². The number of hydrogen-bond acceptors (Lipinski definition) is 0. The Morgan fingerprint density at radius 2 is 2.00 bits per heavy atom. The molecule has 1 aromatic rings. The van der Waals surface area contributed by atoms with Crippen molar-refractivity contribution in [3.63, 3.8) is 0 Å². The number of unbranched alkanes of at least 4 members (excludes halogenated alkanes) is 1. The van der Waals surface area contributed by atoms with Crippen LogP contribution in [-0.4, -0.2) is 3.26 Å². The Kier molecular flexibility index (Phi) is 5.14. The Balaban J connectivity index is 2.45. The molecule has 0 aliphatic heterocycles. The SMILES string of the molecule is C=CCCC[C](=[Hf+2])c1ccccc1. The van der Waals surface area contributed by atoms with Crippen molar-refractivity contribution in [2.75, 3.05) is 0 Å². The molecule has 0 aliphatic rings. The molecular formula is C12H14Hf+2. The first-order valence-corrected chi connectivity index (χ1v) is 6.38. The van der Waals surface area contributed by atoms with Crippen molar-refractivity contribution >= 4 is 3.26 Å². The van der Waals surface area contributed by atoms with E-state index in [0.717, 1.165) is 6.42 Å². The van der Waals surface area contributed by atoms with Gasteiger partial charge in [-0.1, -0.05) is 0 Å². The second kappa shape index (κ2) is 6.20. The first kappa shape index (κ1) is 10.8. The Morgan fingerprint density at radius 3 is 2.62 bits per heavy atom. The van der Waals surface area contributed by atoms with E-state index in [1.165, 1.54) is 42.3 Å². The van der Waals surface area contributed by atoms with Gasteiger partial charge in [0.25, 0.3) is 0 Å². The zero-order chi connectivity index (χ0) is 9.52. The molecule has 0 aromatic heterocycles. The molecule has 0 aliphatic carbocycles. The van der Waals surface area contributed by atoms with Crippen LogP contribution in [0.25, 0.3) is 0 Å². The van der Waals surface area contributed by atoms with Gasteiger partial charge in [0.2, 0.25) is 0 Å². The summed E-state index contributed by atoms with van der Waals surface area (Å²) in [6.07, 6.45) is 5.62. The third kappa shape index (κ3) is 3.95. The predicted molar refractivity (Wildman–Crippen MR) is 54.6 cm³/mol. The van der Waals surface area contributed by atoms with E-state index in [2.05, 4.69) is 36.9 Å². The van der Waals surface area contributed by atoms with Crippen LogP contribution in [0, 0.1) is 0 Å². The predicted octanol–water partition coefficient (Wildman–Crippen LogP) is 3.11. The van der Waals surface area contributed by atoms with E-state index < -0.39 is 0 Å². The van der Waals surface area contributed by atoms with Crippen LogP contribution in [0.1, 0.15) is 24.8 Å². The molecule has 0 fully saturated rings. The van der Waals surface area contributed by atoms with Gasteiger partial charge in [-0.15, -0.1) is 0 Å². The summed E-state index contributed by atoms with van der Waals surface area (Å²) in [6, 6.07) is 10.7. The van der Waals surface area contributed by atoms with Crippen LogP contribution in [-0.2, 0) is 23.9 Å². The maximum atomic E-state index is 3.73. The molecule has 0 saturated heterocycles. The van der Waals surface area contributed by atoms with E-state index in [4.69, 9.17) is 0 Å². The van der Waals surface area contributed by atoms with Crippen molar-refractivity contribution in [3.05, 3.63) is 48.6 Å². The topological polar surface area (TPSA) is 0 Å². The number of benzene rings is 1. The molecule has 64 valence electrons. The van der Waals surface area contributed by atoms with Gasteiger partial charge in [-0.25, -0.2) is 0 Å². The summed E-state index contributed by atoms with van der Waals surface area (Å²) in [5.74, 6) is 0. The van der Waals surface area contributed by atoms with Crippen molar-refractivity contribution in [1.82, 2.24) is 0 Å². The molecule has 0 heterocycles.